The molecule has 0 rings (SSSR count). The van der Waals surface area contributed by atoms with Gasteiger partial charge in [-0.2, -0.15) is 0 Å². The Morgan fingerprint density at radius 2 is 1.31 bits per heavy atom. The molecule has 6 nitrogen and oxygen atoms in total. The molecule has 13 heavy (non-hydrogen) atoms. The lowest BCUT2D eigenvalue weighted by Crippen LogP contribution is -2.24. The molecule has 0 aromatic carbocycles. The van der Waals surface area contributed by atoms with E-state index in [1.807, 2.05) is 0 Å². The first kappa shape index (κ1) is 13.8. The number of carboxylic acid groups (broad SMARTS) is 3. The van der Waals surface area contributed by atoms with E-state index in [1.54, 1.807) is 0 Å². The molecule has 0 saturated carbocycles. The van der Waals surface area contributed by atoms with Gasteiger partial charge in [0.25, 0.3) is 6.17 Å². The fourth-order valence-corrected chi connectivity index (χ4v) is 0.106. The molecule has 0 aliphatic heterocycles. The molecule has 76 valence electrons. The lowest BCUT2D eigenvalue weighted by atomic mass is 10.4. The van der Waals surface area contributed by atoms with Crippen LogP contribution in [0.25, 0.3) is 0 Å². The minimum atomic E-state index is -2.80. The smallest absolute Gasteiger partial charge is 0.350 e. The van der Waals surface area contributed by atoms with E-state index in [1.165, 1.54) is 0 Å². The Morgan fingerprint density at radius 3 is 1.31 bits per heavy atom. The molecule has 0 fully saturated rings. The molecule has 0 aromatic heterocycles. The first-order valence-electron chi connectivity index (χ1n) is 2.70. The molecule has 3 N–H and O–H groups in total. The van der Waals surface area contributed by atoms with Crippen molar-refractivity contribution in [3.05, 3.63) is 0 Å². The Hall–Kier alpha value is -1.73. The highest BCUT2D eigenvalue weighted by Crippen LogP contribution is 1.88. The van der Waals surface area contributed by atoms with Crippen LogP contribution in [0, 0.1) is 0 Å². The largest absolute Gasteiger partial charge is 0.479 e. The molecule has 0 aliphatic carbocycles. The van der Waals surface area contributed by atoms with Crippen LogP contribution in [0.4, 0.5) is 8.78 Å². The van der Waals surface area contributed by atoms with E-state index in [4.69, 9.17) is 20.1 Å². The molecular formula is C5H6F2O6. The summed E-state index contributed by atoms with van der Waals surface area (Å²) in [5.41, 5.74) is 0. The Bertz CT molecular complexity index is 189. The zero-order valence-electron chi connectivity index (χ0n) is 6.11. The molecular weight excluding hydrogens is 194 g/mol. The fourth-order valence-electron chi connectivity index (χ4n) is 0.106. The van der Waals surface area contributed by atoms with Gasteiger partial charge in [-0.25, -0.2) is 23.2 Å². The Balaban J connectivity index is 0. The predicted molar refractivity (Wildman–Crippen MR) is 33.8 cm³/mol. The molecule has 0 saturated heterocycles. The molecule has 0 unspecified atom stereocenters. The van der Waals surface area contributed by atoms with Gasteiger partial charge in [-0.3, -0.25) is 0 Å². The molecule has 0 amide bonds. The average molecular weight is 200 g/mol. The van der Waals surface area contributed by atoms with Crippen LogP contribution in [0.15, 0.2) is 0 Å². The van der Waals surface area contributed by atoms with Crippen LogP contribution in [0.1, 0.15) is 0 Å². The number of hydrogen-bond acceptors (Lipinski definition) is 3. The third-order valence-electron chi connectivity index (χ3n) is 0.548. The second-order valence-electron chi connectivity index (χ2n) is 1.57. The lowest BCUT2D eigenvalue weighted by molar-refractivity contribution is -0.155. The summed E-state index contributed by atoms with van der Waals surface area (Å²) < 4.78 is 22.0. The van der Waals surface area contributed by atoms with Crippen molar-refractivity contribution in [3.63, 3.8) is 0 Å². The summed E-state index contributed by atoms with van der Waals surface area (Å²) in [5, 5.41) is 22.5. The maximum atomic E-state index is 11.4. The summed E-state index contributed by atoms with van der Waals surface area (Å²) in [5.74, 6) is -5.36. The number of alkyl halides is 2. The third-order valence-corrected chi connectivity index (χ3v) is 0.548. The van der Waals surface area contributed by atoms with Crippen LogP contribution in [0.3, 0.4) is 0 Å². The van der Waals surface area contributed by atoms with Crippen LogP contribution in [-0.2, 0) is 14.4 Å². The Kier molecular flexibility index (Phi) is 7.39. The van der Waals surface area contributed by atoms with Gasteiger partial charge in [0.15, 0.2) is 6.67 Å². The molecule has 8 heteroatoms. The number of hydrogen-bond donors (Lipinski definition) is 3. The van der Waals surface area contributed by atoms with E-state index in [-0.39, 0.29) is 0 Å². The van der Waals surface area contributed by atoms with Crippen molar-refractivity contribution < 1.29 is 38.5 Å². The number of rotatable bonds is 3. The van der Waals surface area contributed by atoms with Gasteiger partial charge in [-0.1, -0.05) is 0 Å². The van der Waals surface area contributed by atoms with Crippen molar-refractivity contribution in [2.24, 2.45) is 0 Å². The summed E-state index contributed by atoms with van der Waals surface area (Å²) in [4.78, 5) is 27.8. The van der Waals surface area contributed by atoms with Crippen LogP contribution < -0.4 is 0 Å². The summed E-state index contributed by atoms with van der Waals surface area (Å²) in [6.45, 7) is -1.28. The molecule has 0 spiro atoms. The van der Waals surface area contributed by atoms with Crippen LogP contribution in [-0.4, -0.2) is 46.1 Å². The highest BCUT2D eigenvalue weighted by atomic mass is 19.1. The topological polar surface area (TPSA) is 112 Å². The van der Waals surface area contributed by atoms with Gasteiger partial charge in [0, 0.05) is 0 Å². The number of carbonyl (C=O) groups is 3. The standard InChI is InChI=1S/C3H3FO4.C2H3FO2/c4-1(2(5)6)3(7)8;3-1-2(4)5/h1H,(H,5,6)(H,7,8);1H2,(H,4,5). The van der Waals surface area contributed by atoms with Crippen molar-refractivity contribution in [1.82, 2.24) is 0 Å². The summed E-state index contributed by atoms with van der Waals surface area (Å²) >= 11 is 0. The first-order chi connectivity index (χ1) is 5.82. The predicted octanol–water partition coefficient (Wildman–Crippen LogP) is -0.466. The summed E-state index contributed by atoms with van der Waals surface area (Å²) in [6, 6.07) is 0. The molecule has 0 bridgehead atoms. The lowest BCUT2D eigenvalue weighted by Gasteiger charge is -1.90. The van der Waals surface area contributed by atoms with E-state index in [2.05, 4.69) is 0 Å². The van der Waals surface area contributed by atoms with Crippen molar-refractivity contribution in [2.75, 3.05) is 6.67 Å². The van der Waals surface area contributed by atoms with Crippen molar-refractivity contribution >= 4 is 17.9 Å². The summed E-state index contributed by atoms with van der Waals surface area (Å²) in [7, 11) is 0. The minimum Gasteiger partial charge on any atom is -0.479 e. The number of aliphatic carboxylic acids is 3. The average Bonchev–Trinajstić information content (AvgIpc) is 2.03. The van der Waals surface area contributed by atoms with Crippen molar-refractivity contribution in [2.45, 2.75) is 6.17 Å². The normalized spacial score (nSPS) is 8.54. The second-order valence-corrected chi connectivity index (χ2v) is 1.57. The zero-order valence-corrected chi connectivity index (χ0v) is 6.11. The number of carboxylic acids is 3. The Morgan fingerprint density at radius 1 is 1.08 bits per heavy atom. The van der Waals surface area contributed by atoms with E-state index in [9.17, 15) is 18.4 Å². The van der Waals surface area contributed by atoms with Gasteiger partial charge in [0.1, 0.15) is 0 Å². The van der Waals surface area contributed by atoms with E-state index in [0.717, 1.165) is 0 Å². The zero-order chi connectivity index (χ0) is 11.0. The van der Waals surface area contributed by atoms with Crippen molar-refractivity contribution in [3.8, 4) is 0 Å². The monoisotopic (exact) mass is 200 g/mol. The van der Waals surface area contributed by atoms with E-state index >= 15 is 0 Å². The molecule has 0 atom stereocenters. The highest BCUT2D eigenvalue weighted by molar-refractivity contribution is 5.95. The fraction of sp³-hybridized carbons (Fsp3) is 0.400. The third kappa shape index (κ3) is 10.3. The first-order valence-corrected chi connectivity index (χ1v) is 2.70. The van der Waals surface area contributed by atoms with Gasteiger partial charge >= 0.3 is 17.9 Å². The van der Waals surface area contributed by atoms with E-state index < -0.39 is 30.8 Å². The van der Waals surface area contributed by atoms with Crippen LogP contribution in [0.5, 0.6) is 0 Å². The Labute approximate surface area is 70.4 Å². The van der Waals surface area contributed by atoms with Crippen LogP contribution >= 0.6 is 0 Å². The highest BCUT2D eigenvalue weighted by Gasteiger charge is 2.23. The van der Waals surface area contributed by atoms with Crippen molar-refractivity contribution in [1.29, 1.82) is 0 Å². The molecule has 0 radical (unpaired) electrons. The van der Waals surface area contributed by atoms with Gasteiger partial charge in [-0.05, 0) is 0 Å². The van der Waals surface area contributed by atoms with E-state index in [0.29, 0.717) is 0 Å². The SMILES string of the molecule is O=C(O)C(F)C(=O)O.O=C(O)CF. The molecule has 0 aromatic rings. The summed E-state index contributed by atoms with van der Waals surface area (Å²) in [6.07, 6.45) is -2.80. The second kappa shape index (κ2) is 6.95. The quantitative estimate of drug-likeness (QED) is 0.531. The minimum absolute atomic E-state index is 1.28. The maximum absolute atomic E-state index is 11.4. The molecule has 0 aliphatic rings. The molecule has 0 heterocycles. The van der Waals surface area contributed by atoms with Gasteiger partial charge in [0.2, 0.25) is 0 Å². The number of halogens is 2. The van der Waals surface area contributed by atoms with Gasteiger partial charge < -0.3 is 15.3 Å². The van der Waals surface area contributed by atoms with Crippen LogP contribution in [0.2, 0.25) is 0 Å². The van der Waals surface area contributed by atoms with Gasteiger partial charge in [-0.15, -0.1) is 0 Å². The van der Waals surface area contributed by atoms with Gasteiger partial charge in [0.05, 0.1) is 0 Å². The maximum Gasteiger partial charge on any atom is 0.350 e.